The van der Waals surface area contributed by atoms with Gasteiger partial charge in [-0.3, -0.25) is 37.3 Å². The summed E-state index contributed by atoms with van der Waals surface area (Å²) in [5, 5.41) is 10.6. The number of carbonyl (C=O) groups is 4. The highest BCUT2D eigenvalue weighted by Crippen LogP contribution is 2.45. The first-order valence-electron chi connectivity index (χ1n) is 40.3. The smallest absolute Gasteiger partial charge is 0.462 e. The molecule has 0 aliphatic heterocycles. The van der Waals surface area contributed by atoms with Crippen molar-refractivity contribution in [3.8, 4) is 0 Å². The number of hydrogen-bond acceptors (Lipinski definition) is 15. The molecule has 3 N–H and O–H groups in total. The molecule has 0 fully saturated rings. The van der Waals surface area contributed by atoms with Crippen LogP contribution in [-0.2, 0) is 65.4 Å². The Morgan fingerprint density at radius 2 is 0.602 bits per heavy atom. The molecule has 3 unspecified atom stereocenters. The van der Waals surface area contributed by atoms with Gasteiger partial charge in [-0.25, -0.2) is 9.13 Å². The number of rotatable bonds is 76. The minimum atomic E-state index is -4.97. The summed E-state index contributed by atoms with van der Waals surface area (Å²) < 4.78 is 68.6. The summed E-state index contributed by atoms with van der Waals surface area (Å²) in [6.45, 7) is 9.53. The number of aliphatic hydroxyl groups excluding tert-OH is 1. The normalized spacial score (nSPS) is 14.4. The van der Waals surface area contributed by atoms with Crippen LogP contribution < -0.4 is 0 Å². The van der Waals surface area contributed by atoms with Crippen molar-refractivity contribution in [1.82, 2.24) is 0 Å². The van der Waals surface area contributed by atoms with E-state index in [-0.39, 0.29) is 25.7 Å². The molecule has 0 radical (unpaired) electrons. The van der Waals surface area contributed by atoms with E-state index in [1.165, 1.54) is 186 Å². The van der Waals surface area contributed by atoms with Crippen LogP contribution in [0.1, 0.15) is 388 Å². The monoisotopic (exact) mass is 1430 g/mol. The maximum atomic E-state index is 13.1. The van der Waals surface area contributed by atoms with Crippen molar-refractivity contribution in [2.75, 3.05) is 39.6 Å². The molecule has 6 atom stereocenters. The molecule has 0 amide bonds. The zero-order chi connectivity index (χ0) is 72.1. The maximum absolute atomic E-state index is 13.1. The number of hydrogen-bond donors (Lipinski definition) is 3. The van der Waals surface area contributed by atoms with Crippen molar-refractivity contribution in [2.24, 2.45) is 11.8 Å². The van der Waals surface area contributed by atoms with E-state index in [1.807, 2.05) is 0 Å². The fraction of sp³-hybridized carbons (Fsp3) is 0.899. The number of phosphoric ester groups is 2. The van der Waals surface area contributed by atoms with E-state index in [0.29, 0.717) is 25.7 Å². The van der Waals surface area contributed by atoms with E-state index >= 15 is 0 Å². The average molecular weight is 1430 g/mol. The molecule has 0 heterocycles. The van der Waals surface area contributed by atoms with Crippen molar-refractivity contribution in [1.29, 1.82) is 0 Å². The van der Waals surface area contributed by atoms with Crippen molar-refractivity contribution >= 4 is 39.5 Å². The molecule has 0 saturated carbocycles. The second-order valence-electron chi connectivity index (χ2n) is 28.5. The quantitative estimate of drug-likeness (QED) is 0.0169. The second kappa shape index (κ2) is 70.2. The van der Waals surface area contributed by atoms with Gasteiger partial charge in [0.15, 0.2) is 12.2 Å². The second-order valence-corrected chi connectivity index (χ2v) is 31.4. The molecule has 0 aromatic carbocycles. The van der Waals surface area contributed by atoms with E-state index < -0.39 is 97.5 Å². The fourth-order valence-electron chi connectivity index (χ4n) is 11.6. The Hall–Kier alpha value is -2.46. The summed E-state index contributed by atoms with van der Waals surface area (Å²) in [6.07, 6.45) is 61.8. The summed E-state index contributed by atoms with van der Waals surface area (Å²) in [7, 11) is -9.93. The summed E-state index contributed by atoms with van der Waals surface area (Å²) in [5.74, 6) is -0.621. The molecule has 0 aromatic rings. The Labute approximate surface area is 599 Å². The zero-order valence-corrected chi connectivity index (χ0v) is 65.4. The fourth-order valence-corrected chi connectivity index (χ4v) is 13.2. The van der Waals surface area contributed by atoms with Crippen molar-refractivity contribution in [3.63, 3.8) is 0 Å². The first kappa shape index (κ1) is 95.5. The molecule has 17 nitrogen and oxygen atoms in total. The van der Waals surface area contributed by atoms with Gasteiger partial charge < -0.3 is 33.8 Å². The molecule has 0 saturated heterocycles. The minimum Gasteiger partial charge on any atom is -0.462 e. The summed E-state index contributed by atoms with van der Waals surface area (Å²) in [6, 6.07) is 0. The molecule has 0 aliphatic carbocycles. The Morgan fingerprint density at radius 1 is 0.337 bits per heavy atom. The number of aliphatic hydroxyl groups is 1. The van der Waals surface area contributed by atoms with Crippen LogP contribution in [0.3, 0.4) is 0 Å². The van der Waals surface area contributed by atoms with E-state index in [2.05, 4.69) is 65.8 Å². The number of esters is 4. The summed E-state index contributed by atoms with van der Waals surface area (Å²) in [4.78, 5) is 72.9. The number of allylic oxidation sites excluding steroid dienone is 4. The van der Waals surface area contributed by atoms with Crippen molar-refractivity contribution in [2.45, 2.75) is 407 Å². The first-order valence-corrected chi connectivity index (χ1v) is 43.3. The Balaban J connectivity index is 5.29. The van der Waals surface area contributed by atoms with Gasteiger partial charge in [-0.15, -0.1) is 0 Å². The third-order valence-corrected chi connectivity index (χ3v) is 20.1. The SMILES string of the molecule is CCCCCC/C=C\C=C/CCCCCCCC(=O)O[C@H](COC(=O)CCCCCCCCC(C)CC)COP(=O)(O)OC[C@H](O)COP(=O)(O)OC[C@@H](COC(=O)CCCCCCCCCCCCCCCCCC)OC(=O)CCCCCCCCCCCCCCCCC(C)C. The van der Waals surface area contributed by atoms with Crippen LogP contribution in [0.25, 0.3) is 0 Å². The molecular formula is C79H150O17P2. The molecule has 19 heteroatoms. The number of ether oxygens (including phenoxy) is 4. The van der Waals surface area contributed by atoms with Gasteiger partial charge in [0, 0.05) is 25.7 Å². The molecule has 0 aliphatic rings. The highest BCUT2D eigenvalue weighted by atomic mass is 31.2. The van der Waals surface area contributed by atoms with E-state index in [9.17, 15) is 43.2 Å². The van der Waals surface area contributed by atoms with Gasteiger partial charge in [-0.05, 0) is 63.2 Å². The largest absolute Gasteiger partial charge is 0.472 e. The van der Waals surface area contributed by atoms with Crippen LogP contribution in [0, 0.1) is 11.8 Å². The van der Waals surface area contributed by atoms with Crippen LogP contribution >= 0.6 is 15.6 Å². The molecule has 0 bridgehead atoms. The van der Waals surface area contributed by atoms with Gasteiger partial charge in [0.05, 0.1) is 26.4 Å². The lowest BCUT2D eigenvalue weighted by Gasteiger charge is -2.21. The molecule has 98 heavy (non-hydrogen) atoms. The maximum Gasteiger partial charge on any atom is 0.472 e. The highest BCUT2D eigenvalue weighted by molar-refractivity contribution is 7.47. The summed E-state index contributed by atoms with van der Waals surface area (Å²) in [5.41, 5.74) is 0. The number of unbranched alkanes of at least 4 members (excludes halogenated alkanes) is 42. The average Bonchev–Trinajstić information content (AvgIpc) is 0.964. The number of phosphoric acid groups is 2. The van der Waals surface area contributed by atoms with Gasteiger partial charge in [-0.1, -0.05) is 336 Å². The summed E-state index contributed by atoms with van der Waals surface area (Å²) >= 11 is 0. The molecule has 0 spiro atoms. The lowest BCUT2D eigenvalue weighted by atomic mass is 10.00. The van der Waals surface area contributed by atoms with Gasteiger partial charge in [0.2, 0.25) is 0 Å². The third-order valence-electron chi connectivity index (χ3n) is 18.2. The Morgan fingerprint density at radius 3 is 0.918 bits per heavy atom. The van der Waals surface area contributed by atoms with E-state index in [1.54, 1.807) is 0 Å². The van der Waals surface area contributed by atoms with Crippen LogP contribution in [-0.4, -0.2) is 96.7 Å². The van der Waals surface area contributed by atoms with Gasteiger partial charge in [0.1, 0.15) is 19.3 Å². The predicted molar refractivity (Wildman–Crippen MR) is 400 cm³/mol. The van der Waals surface area contributed by atoms with Crippen LogP contribution in [0.4, 0.5) is 0 Å². The Bertz CT molecular complexity index is 1990. The first-order chi connectivity index (χ1) is 47.4. The Kier molecular flexibility index (Phi) is 68.5. The topological polar surface area (TPSA) is 237 Å². The molecule has 0 aromatic heterocycles. The van der Waals surface area contributed by atoms with E-state index in [0.717, 1.165) is 121 Å². The van der Waals surface area contributed by atoms with Crippen LogP contribution in [0.5, 0.6) is 0 Å². The molecule has 0 rings (SSSR count). The molecule has 578 valence electrons. The van der Waals surface area contributed by atoms with Crippen molar-refractivity contribution < 1.29 is 80.2 Å². The standard InChI is InChI=1S/C79H150O17P2/c1-7-10-12-14-16-18-20-22-24-26-30-34-38-42-49-55-61-76(81)89-67-74(95-78(83)63-58-52-44-40-36-32-28-27-29-33-37-41-47-53-59-71(4)5)69-93-97(85,86)91-65-73(80)66-92-98(87,88)94-70-75(68-90-77(82)62-56-50-46-45-48-54-60-72(6)9-3)96-79(84)64-57-51-43-39-35-31-25-23-21-19-17-15-13-11-8-2/h19,21,23,25,71-75,80H,7-18,20,22,24,26-70H2,1-6H3,(H,85,86)(H,87,88)/b21-19-,25-23-/t72?,73-,74-,75-/m1/s1. The van der Waals surface area contributed by atoms with Crippen molar-refractivity contribution in [3.05, 3.63) is 24.3 Å². The highest BCUT2D eigenvalue weighted by Gasteiger charge is 2.30. The van der Waals surface area contributed by atoms with Crippen LogP contribution in [0.15, 0.2) is 24.3 Å². The van der Waals surface area contributed by atoms with Gasteiger partial charge in [-0.2, -0.15) is 0 Å². The molecular weight excluding hydrogens is 1280 g/mol. The lowest BCUT2D eigenvalue weighted by Crippen LogP contribution is -2.30. The zero-order valence-electron chi connectivity index (χ0n) is 63.6. The predicted octanol–water partition coefficient (Wildman–Crippen LogP) is 23.1. The van der Waals surface area contributed by atoms with E-state index in [4.69, 9.17) is 37.0 Å². The van der Waals surface area contributed by atoms with Gasteiger partial charge >= 0.3 is 39.5 Å². The number of carbonyl (C=O) groups excluding carboxylic acids is 4. The van der Waals surface area contributed by atoms with Crippen LogP contribution in [0.2, 0.25) is 0 Å². The lowest BCUT2D eigenvalue weighted by molar-refractivity contribution is -0.161. The third kappa shape index (κ3) is 70.6. The van der Waals surface area contributed by atoms with Gasteiger partial charge in [0.25, 0.3) is 0 Å². The minimum absolute atomic E-state index is 0.0842.